The third-order valence-corrected chi connectivity index (χ3v) is 7.26. The van der Waals surface area contributed by atoms with Crippen molar-refractivity contribution in [2.24, 2.45) is 5.92 Å². The fourth-order valence-corrected chi connectivity index (χ4v) is 5.09. The molecule has 2 aromatic carbocycles. The number of anilines is 2. The fraction of sp³-hybridized carbons (Fsp3) is 0.423. The quantitative estimate of drug-likeness (QED) is 0.435. The number of aromatic nitrogens is 2. The van der Waals surface area contributed by atoms with Crippen LogP contribution in [0.4, 0.5) is 11.4 Å². The molecule has 2 heterocycles. The number of imidazole rings is 1. The monoisotopic (exact) mass is 477 g/mol. The van der Waals surface area contributed by atoms with E-state index in [0.717, 1.165) is 48.3 Å². The number of nitrogens with one attached hydrogen (secondary N) is 4. The Morgan fingerprint density at radius 1 is 1.03 bits per heavy atom. The second-order valence-corrected chi connectivity index (χ2v) is 9.46. The standard InChI is InChI=1S/C26H31N5O4/c1-15-6-9-17(14-22(15)35-2)28-24(32)16-7-10-18(11-8-16)31-21-5-3-4-19(23(21)30-26(31)34)29-25(33)20-12-13-27-20/h3-6,9,14,16,18,20,27H,7-8,10-13H2,1-2H3,(H,28,32)(H,29,33)(H,30,34)/t16?,18?,20-/m1/s1. The largest absolute Gasteiger partial charge is 0.496 e. The lowest BCUT2D eigenvalue weighted by molar-refractivity contribution is -0.121. The molecule has 1 aliphatic carbocycles. The van der Waals surface area contributed by atoms with Crippen LogP contribution in [0.2, 0.25) is 0 Å². The van der Waals surface area contributed by atoms with Crippen LogP contribution in [0.3, 0.4) is 0 Å². The molecule has 5 rings (SSSR count). The van der Waals surface area contributed by atoms with Crippen molar-refractivity contribution in [2.75, 3.05) is 24.3 Å². The number of hydrogen-bond acceptors (Lipinski definition) is 5. The van der Waals surface area contributed by atoms with Crippen molar-refractivity contribution >= 4 is 34.2 Å². The van der Waals surface area contributed by atoms with Gasteiger partial charge in [0.2, 0.25) is 11.8 Å². The topological polar surface area (TPSA) is 117 Å². The summed E-state index contributed by atoms with van der Waals surface area (Å²) in [6.07, 6.45) is 3.66. The van der Waals surface area contributed by atoms with Crippen LogP contribution in [0.1, 0.15) is 43.7 Å². The number of carbonyl (C=O) groups excluding carboxylic acids is 2. The SMILES string of the molecule is COc1cc(NC(=O)C2CCC(n3c(=O)[nH]c4c(NC(=O)[C@H]5CCN5)cccc43)CC2)ccc1C. The predicted molar refractivity (Wildman–Crippen MR) is 135 cm³/mol. The predicted octanol–water partition coefficient (Wildman–Crippen LogP) is 3.32. The summed E-state index contributed by atoms with van der Waals surface area (Å²) in [5, 5.41) is 9.04. The number of H-pyrrole nitrogens is 1. The minimum absolute atomic E-state index is 0.000908. The maximum Gasteiger partial charge on any atom is 0.326 e. The van der Waals surface area contributed by atoms with E-state index in [-0.39, 0.29) is 35.5 Å². The van der Waals surface area contributed by atoms with Gasteiger partial charge in [-0.15, -0.1) is 0 Å². The first kappa shape index (κ1) is 23.2. The average molecular weight is 478 g/mol. The normalized spacial score (nSPS) is 21.8. The number of hydrogen-bond donors (Lipinski definition) is 4. The van der Waals surface area contributed by atoms with E-state index in [9.17, 15) is 14.4 Å². The molecular weight excluding hydrogens is 446 g/mol. The van der Waals surface area contributed by atoms with Crippen LogP contribution in [-0.2, 0) is 9.59 Å². The molecule has 9 nitrogen and oxygen atoms in total. The summed E-state index contributed by atoms with van der Waals surface area (Å²) in [4.78, 5) is 41.1. The molecular formula is C26H31N5O4. The number of nitrogens with zero attached hydrogens (tertiary/aromatic N) is 1. The first-order valence-corrected chi connectivity index (χ1v) is 12.2. The first-order chi connectivity index (χ1) is 16.9. The van der Waals surface area contributed by atoms with Gasteiger partial charge in [0, 0.05) is 23.7 Å². The molecule has 1 aliphatic heterocycles. The van der Waals surface area contributed by atoms with Gasteiger partial charge >= 0.3 is 5.69 Å². The molecule has 0 radical (unpaired) electrons. The molecule has 1 saturated carbocycles. The van der Waals surface area contributed by atoms with E-state index in [1.165, 1.54) is 0 Å². The Labute approximate surface area is 203 Å². The lowest BCUT2D eigenvalue weighted by atomic mass is 9.85. The van der Waals surface area contributed by atoms with Gasteiger partial charge < -0.3 is 25.7 Å². The van der Waals surface area contributed by atoms with Gasteiger partial charge in [-0.1, -0.05) is 12.1 Å². The number of carbonyl (C=O) groups is 2. The summed E-state index contributed by atoms with van der Waals surface area (Å²) in [7, 11) is 1.62. The van der Waals surface area contributed by atoms with Crippen LogP contribution in [0.25, 0.3) is 11.0 Å². The highest BCUT2D eigenvalue weighted by atomic mass is 16.5. The van der Waals surface area contributed by atoms with Gasteiger partial charge in [-0.2, -0.15) is 0 Å². The average Bonchev–Trinajstić information content (AvgIpc) is 3.16. The van der Waals surface area contributed by atoms with Crippen molar-refractivity contribution in [1.29, 1.82) is 0 Å². The summed E-state index contributed by atoms with van der Waals surface area (Å²) in [6.45, 7) is 2.80. The fourth-order valence-electron chi connectivity index (χ4n) is 5.09. The smallest absolute Gasteiger partial charge is 0.326 e. The van der Waals surface area contributed by atoms with Gasteiger partial charge in [-0.05, 0) is 69.3 Å². The van der Waals surface area contributed by atoms with Gasteiger partial charge in [-0.3, -0.25) is 14.2 Å². The van der Waals surface area contributed by atoms with E-state index in [4.69, 9.17) is 4.74 Å². The number of amides is 2. The van der Waals surface area contributed by atoms with Crippen molar-refractivity contribution in [3.8, 4) is 5.75 Å². The Hall–Kier alpha value is -3.59. The highest BCUT2D eigenvalue weighted by Crippen LogP contribution is 2.35. The minimum atomic E-state index is -0.192. The summed E-state index contributed by atoms with van der Waals surface area (Å²) in [5.41, 5.74) is 3.56. The van der Waals surface area contributed by atoms with Crippen LogP contribution < -0.4 is 26.4 Å². The third-order valence-electron chi connectivity index (χ3n) is 7.26. The maximum atomic E-state index is 12.9. The maximum absolute atomic E-state index is 12.9. The van der Waals surface area contributed by atoms with Gasteiger partial charge in [0.15, 0.2) is 0 Å². The molecule has 0 spiro atoms. The Morgan fingerprint density at radius 2 is 1.80 bits per heavy atom. The van der Waals surface area contributed by atoms with Crippen LogP contribution in [0.15, 0.2) is 41.2 Å². The molecule has 1 saturated heterocycles. The van der Waals surface area contributed by atoms with Crippen molar-refractivity contribution in [2.45, 2.75) is 51.1 Å². The number of para-hydroxylation sites is 1. The molecule has 2 aliphatic rings. The van der Waals surface area contributed by atoms with Crippen molar-refractivity contribution in [3.63, 3.8) is 0 Å². The molecule has 2 fully saturated rings. The summed E-state index contributed by atoms with van der Waals surface area (Å²) < 4.78 is 7.13. The van der Waals surface area contributed by atoms with E-state index >= 15 is 0 Å². The molecule has 0 bridgehead atoms. The highest BCUT2D eigenvalue weighted by molar-refractivity contribution is 6.02. The summed E-state index contributed by atoms with van der Waals surface area (Å²) in [5.74, 6) is 0.541. The summed E-state index contributed by atoms with van der Waals surface area (Å²) >= 11 is 0. The zero-order valence-electron chi connectivity index (χ0n) is 20.0. The molecule has 4 N–H and O–H groups in total. The number of fused-ring (bicyclic) bond motifs is 1. The number of methoxy groups -OCH3 is 1. The number of aromatic amines is 1. The number of ether oxygens (including phenoxy) is 1. The highest BCUT2D eigenvalue weighted by Gasteiger charge is 2.30. The lowest BCUT2D eigenvalue weighted by Gasteiger charge is -2.28. The van der Waals surface area contributed by atoms with Gasteiger partial charge in [0.05, 0.1) is 29.9 Å². The van der Waals surface area contributed by atoms with E-state index in [1.807, 2.05) is 37.3 Å². The Balaban J connectivity index is 1.27. The van der Waals surface area contributed by atoms with Gasteiger partial charge in [0.25, 0.3) is 0 Å². The molecule has 3 aromatic rings. The first-order valence-electron chi connectivity index (χ1n) is 12.2. The molecule has 0 unspecified atom stereocenters. The second-order valence-electron chi connectivity index (χ2n) is 9.46. The zero-order chi connectivity index (χ0) is 24.5. The number of aryl methyl sites for hydroxylation is 1. The Bertz CT molecular complexity index is 1320. The lowest BCUT2D eigenvalue weighted by Crippen LogP contribution is -2.50. The van der Waals surface area contributed by atoms with Crippen LogP contribution >= 0.6 is 0 Å². The van der Waals surface area contributed by atoms with Gasteiger partial charge in [0.1, 0.15) is 5.75 Å². The Kier molecular flexibility index (Phi) is 6.34. The van der Waals surface area contributed by atoms with Crippen molar-refractivity contribution in [3.05, 3.63) is 52.4 Å². The minimum Gasteiger partial charge on any atom is -0.496 e. The molecule has 1 aromatic heterocycles. The van der Waals surface area contributed by atoms with Crippen LogP contribution in [-0.4, -0.2) is 41.1 Å². The van der Waals surface area contributed by atoms with Crippen molar-refractivity contribution in [1.82, 2.24) is 14.9 Å². The second kappa shape index (κ2) is 9.58. The van der Waals surface area contributed by atoms with E-state index in [1.54, 1.807) is 17.7 Å². The van der Waals surface area contributed by atoms with Crippen LogP contribution in [0.5, 0.6) is 5.75 Å². The summed E-state index contributed by atoms with van der Waals surface area (Å²) in [6, 6.07) is 11.0. The molecule has 35 heavy (non-hydrogen) atoms. The van der Waals surface area contributed by atoms with Gasteiger partial charge in [-0.25, -0.2) is 4.79 Å². The van der Waals surface area contributed by atoms with Crippen molar-refractivity contribution < 1.29 is 14.3 Å². The third kappa shape index (κ3) is 4.55. The van der Waals surface area contributed by atoms with Crippen LogP contribution in [0, 0.1) is 12.8 Å². The Morgan fingerprint density at radius 3 is 2.49 bits per heavy atom. The number of benzene rings is 2. The molecule has 184 valence electrons. The van der Waals surface area contributed by atoms with E-state index in [0.29, 0.717) is 24.0 Å². The number of rotatable bonds is 6. The molecule has 1 atom stereocenters. The van der Waals surface area contributed by atoms with E-state index < -0.39 is 0 Å². The van der Waals surface area contributed by atoms with E-state index in [2.05, 4.69) is 20.9 Å². The zero-order valence-corrected chi connectivity index (χ0v) is 20.0. The molecule has 2 amide bonds. The molecule has 9 heteroatoms.